The zero-order chi connectivity index (χ0) is 62.4. The van der Waals surface area contributed by atoms with Crippen LogP contribution >= 0.6 is 0 Å². The van der Waals surface area contributed by atoms with Gasteiger partial charge in [0.2, 0.25) is 5.91 Å². The van der Waals surface area contributed by atoms with Gasteiger partial charge in [-0.3, -0.25) is 4.79 Å². The van der Waals surface area contributed by atoms with Gasteiger partial charge in [-0.1, -0.05) is 306 Å². The Morgan fingerprint density at radius 3 is 1.10 bits per heavy atom. The second-order valence-corrected chi connectivity index (χ2v) is 25.6. The zero-order valence-corrected chi connectivity index (χ0v) is 55.8. The van der Waals surface area contributed by atoms with E-state index in [2.05, 4.69) is 79.9 Å². The highest BCUT2D eigenvalue weighted by Crippen LogP contribution is 2.24. The Hall–Kier alpha value is -2.19. The highest BCUT2D eigenvalue weighted by atomic mass is 16.7. The van der Waals surface area contributed by atoms with Crippen molar-refractivity contribution < 1.29 is 50.0 Å². The van der Waals surface area contributed by atoms with Crippen molar-refractivity contribution >= 4 is 5.91 Å². The first-order valence-electron chi connectivity index (χ1n) is 36.7. The second kappa shape index (κ2) is 63.0. The van der Waals surface area contributed by atoms with Crippen molar-refractivity contribution in [3.8, 4) is 0 Å². The lowest BCUT2D eigenvalue weighted by Crippen LogP contribution is -2.60. The van der Waals surface area contributed by atoms with Crippen LogP contribution in [-0.4, -0.2) is 110 Å². The van der Waals surface area contributed by atoms with Crippen LogP contribution in [0.3, 0.4) is 0 Å². The molecule has 86 heavy (non-hydrogen) atoms. The number of hydrogen-bond donors (Lipinski definition) is 8. The molecule has 1 amide bonds. The number of carbonyl (C=O) groups excluding carboxylic acids is 1. The molecule has 0 bridgehead atoms. The summed E-state index contributed by atoms with van der Waals surface area (Å²) in [4.78, 5) is 13.3. The summed E-state index contributed by atoms with van der Waals surface area (Å²) < 4.78 is 11.2. The molecule has 0 aromatic rings. The summed E-state index contributed by atoms with van der Waals surface area (Å²) in [6.45, 7) is 3.48. The number of hydrogen-bond acceptors (Lipinski definition) is 10. The molecule has 1 fully saturated rings. The summed E-state index contributed by atoms with van der Waals surface area (Å²) >= 11 is 0. The molecule has 504 valence electrons. The topological polar surface area (TPSA) is 189 Å². The molecule has 1 aliphatic heterocycles. The van der Waals surface area contributed by atoms with Gasteiger partial charge in [0.1, 0.15) is 36.6 Å². The minimum atomic E-state index is -1.68. The maximum Gasteiger partial charge on any atom is 0.249 e. The summed E-state index contributed by atoms with van der Waals surface area (Å²) in [5.74, 6) is -0.709. The van der Waals surface area contributed by atoms with Gasteiger partial charge in [0.05, 0.1) is 25.4 Å². The molecule has 0 aromatic carbocycles. The molecule has 11 heteroatoms. The summed E-state index contributed by atoms with van der Waals surface area (Å²) in [6.07, 6.45) is 73.2. The Labute approximate surface area is 529 Å². The fraction of sp³-hybridized carbons (Fsp3) is 0.853. The van der Waals surface area contributed by atoms with E-state index in [0.717, 1.165) is 51.4 Å². The van der Waals surface area contributed by atoms with Crippen molar-refractivity contribution in [2.75, 3.05) is 13.2 Å². The number of aliphatic hydroxyl groups excluding tert-OH is 7. The molecule has 0 radical (unpaired) electrons. The molecule has 1 rings (SSSR count). The van der Waals surface area contributed by atoms with E-state index in [4.69, 9.17) is 9.47 Å². The minimum Gasteiger partial charge on any atom is -0.394 e. The number of aliphatic hydroxyl groups is 7. The second-order valence-electron chi connectivity index (χ2n) is 25.6. The average Bonchev–Trinajstić information content (AvgIpc) is 3.20. The first kappa shape index (κ1) is 81.8. The van der Waals surface area contributed by atoms with Crippen LogP contribution in [0.1, 0.15) is 341 Å². The van der Waals surface area contributed by atoms with Crippen molar-refractivity contribution in [3.05, 3.63) is 60.8 Å². The first-order valence-corrected chi connectivity index (χ1v) is 36.7. The molecule has 9 unspecified atom stereocenters. The summed E-state index contributed by atoms with van der Waals surface area (Å²) in [7, 11) is 0. The molecule has 1 aliphatic rings. The normalized spacial score (nSPS) is 19.1. The standard InChI is InChI=1S/C75H139NO10/c1-3-5-7-9-11-13-15-17-19-21-23-25-27-28-29-30-31-32-33-34-35-36-37-38-39-41-43-45-47-49-51-53-55-57-59-61-63-68(79)74(84)76-66(65-85-75-73(83)72(82)71(81)69(64-77)86-75)70(80)67(78)62-60-58-56-54-52-50-48-46-44-42-40-26-24-22-20-18-16-14-12-10-8-6-4-2/h26,29-30,32-33,40,46,48,54,56,66-73,75,77-83H,3-25,27-28,31,34-39,41-45,47,49-53,55,57-65H2,1-2H3,(H,76,84)/b30-29-,33-32-,40-26+,48-46+,56-54+. The fourth-order valence-corrected chi connectivity index (χ4v) is 11.6. The number of rotatable bonds is 64. The zero-order valence-electron chi connectivity index (χ0n) is 55.8. The first-order chi connectivity index (χ1) is 42.2. The molecule has 0 spiro atoms. The number of ether oxygens (including phenoxy) is 2. The Kier molecular flexibility index (Phi) is 59.9. The van der Waals surface area contributed by atoms with Gasteiger partial charge >= 0.3 is 0 Å². The molecule has 11 nitrogen and oxygen atoms in total. The lowest BCUT2D eigenvalue weighted by atomic mass is 9.98. The average molecular weight is 1210 g/mol. The number of allylic oxidation sites excluding steroid dienone is 10. The number of amides is 1. The monoisotopic (exact) mass is 1210 g/mol. The third-order valence-corrected chi connectivity index (χ3v) is 17.5. The maximum absolute atomic E-state index is 13.3. The lowest BCUT2D eigenvalue weighted by molar-refractivity contribution is -0.303. The van der Waals surface area contributed by atoms with E-state index >= 15 is 0 Å². The molecular weight excluding hydrogens is 1070 g/mol. The lowest BCUT2D eigenvalue weighted by Gasteiger charge is -2.40. The van der Waals surface area contributed by atoms with E-state index in [-0.39, 0.29) is 12.8 Å². The van der Waals surface area contributed by atoms with Gasteiger partial charge in [-0.05, 0) is 96.3 Å². The Bertz CT molecular complexity index is 1580. The predicted octanol–water partition coefficient (Wildman–Crippen LogP) is 18.1. The van der Waals surface area contributed by atoms with Crippen molar-refractivity contribution in [2.45, 2.75) is 396 Å². The van der Waals surface area contributed by atoms with E-state index < -0.39 is 74.2 Å². The maximum atomic E-state index is 13.3. The van der Waals surface area contributed by atoms with Crippen molar-refractivity contribution in [1.29, 1.82) is 0 Å². The van der Waals surface area contributed by atoms with Crippen molar-refractivity contribution in [2.24, 2.45) is 0 Å². The predicted molar refractivity (Wildman–Crippen MR) is 362 cm³/mol. The molecular formula is C75H139NO10. The van der Waals surface area contributed by atoms with E-state index in [1.165, 1.54) is 244 Å². The third kappa shape index (κ3) is 49.6. The van der Waals surface area contributed by atoms with Gasteiger partial charge < -0.3 is 50.5 Å². The van der Waals surface area contributed by atoms with E-state index in [1.807, 2.05) is 0 Å². The Balaban J connectivity index is 2.19. The van der Waals surface area contributed by atoms with Gasteiger partial charge in [-0.2, -0.15) is 0 Å². The van der Waals surface area contributed by atoms with Crippen LogP contribution in [0.25, 0.3) is 0 Å². The van der Waals surface area contributed by atoms with Crippen LogP contribution in [0.4, 0.5) is 0 Å². The molecule has 8 N–H and O–H groups in total. The Morgan fingerprint density at radius 2 is 0.733 bits per heavy atom. The van der Waals surface area contributed by atoms with E-state index in [9.17, 15) is 40.5 Å². The SMILES string of the molecule is CCCCCCCCCCCC/C=C/CC/C=C/CC/C=C/CCCC(O)C(O)C(COC1OC(CO)C(O)C(O)C1O)NC(=O)C(O)CCCCCCCCCCCCCCCCCC/C=C\C/C=C\CCCCCCCCCCCCCCC. The van der Waals surface area contributed by atoms with E-state index in [0.29, 0.717) is 19.3 Å². The summed E-state index contributed by atoms with van der Waals surface area (Å²) in [5.41, 5.74) is 0. The summed E-state index contributed by atoms with van der Waals surface area (Å²) in [6, 6.07) is -1.20. The van der Waals surface area contributed by atoms with Crippen molar-refractivity contribution in [1.82, 2.24) is 5.32 Å². The van der Waals surface area contributed by atoms with Crippen LogP contribution < -0.4 is 5.32 Å². The van der Waals surface area contributed by atoms with Crippen LogP contribution in [0, 0.1) is 0 Å². The molecule has 0 aliphatic carbocycles. The molecule has 1 saturated heterocycles. The summed E-state index contributed by atoms with van der Waals surface area (Å²) in [5, 5.41) is 76.5. The molecule has 1 heterocycles. The van der Waals surface area contributed by atoms with Crippen LogP contribution in [-0.2, 0) is 14.3 Å². The van der Waals surface area contributed by atoms with Gasteiger partial charge in [-0.15, -0.1) is 0 Å². The van der Waals surface area contributed by atoms with Crippen LogP contribution in [0.5, 0.6) is 0 Å². The largest absolute Gasteiger partial charge is 0.394 e. The molecule has 0 saturated carbocycles. The highest BCUT2D eigenvalue weighted by Gasteiger charge is 2.44. The Morgan fingerprint density at radius 1 is 0.407 bits per heavy atom. The molecule has 0 aromatic heterocycles. The van der Waals surface area contributed by atoms with Gasteiger partial charge in [0.15, 0.2) is 6.29 Å². The van der Waals surface area contributed by atoms with Crippen molar-refractivity contribution in [3.63, 3.8) is 0 Å². The quantitative estimate of drug-likeness (QED) is 0.0215. The molecule has 9 atom stereocenters. The van der Waals surface area contributed by atoms with Gasteiger partial charge in [0.25, 0.3) is 0 Å². The number of carbonyl (C=O) groups is 1. The minimum absolute atomic E-state index is 0.240. The highest BCUT2D eigenvalue weighted by molar-refractivity contribution is 5.80. The van der Waals surface area contributed by atoms with Crippen LogP contribution in [0.15, 0.2) is 60.8 Å². The van der Waals surface area contributed by atoms with Gasteiger partial charge in [-0.25, -0.2) is 0 Å². The number of nitrogens with one attached hydrogen (secondary N) is 1. The fourth-order valence-electron chi connectivity index (χ4n) is 11.6. The van der Waals surface area contributed by atoms with Gasteiger partial charge in [0, 0.05) is 0 Å². The third-order valence-electron chi connectivity index (χ3n) is 17.5. The smallest absolute Gasteiger partial charge is 0.249 e. The number of unbranched alkanes of at least 4 members (excludes halogenated alkanes) is 42. The van der Waals surface area contributed by atoms with E-state index in [1.54, 1.807) is 0 Å². The van der Waals surface area contributed by atoms with Crippen LogP contribution in [0.2, 0.25) is 0 Å².